The number of Topliss-reactive ketones (excluding diaryl/α,β-unsaturated/α-hetero) is 1. The Kier molecular flexibility index (Phi) is 3.56. The third kappa shape index (κ3) is 2.60. The highest BCUT2D eigenvalue weighted by Crippen LogP contribution is 2.52. The van der Waals surface area contributed by atoms with E-state index in [1.165, 1.54) is 0 Å². The fourth-order valence-corrected chi connectivity index (χ4v) is 2.40. The fraction of sp³-hybridized carbons (Fsp3) is 0.200. The molecule has 3 rings (SSSR count). The number of benzene rings is 1. The van der Waals surface area contributed by atoms with Gasteiger partial charge in [-0.15, -0.1) is 0 Å². The molecule has 0 atom stereocenters. The summed E-state index contributed by atoms with van der Waals surface area (Å²) < 4.78 is 70.7. The molecule has 1 aliphatic heterocycles. The van der Waals surface area contributed by atoms with Gasteiger partial charge >= 0.3 is 12.2 Å². The maximum atomic E-state index is 13.5. The molecule has 9 heteroatoms. The van der Waals surface area contributed by atoms with Crippen molar-refractivity contribution >= 4 is 5.78 Å². The van der Waals surface area contributed by atoms with E-state index in [0.717, 1.165) is 18.5 Å². The van der Waals surface area contributed by atoms with E-state index in [0.29, 0.717) is 12.1 Å². The molecule has 2 heterocycles. The highest BCUT2D eigenvalue weighted by Gasteiger charge is 2.57. The molecule has 0 amide bonds. The van der Waals surface area contributed by atoms with Crippen molar-refractivity contribution in [3.05, 3.63) is 58.7 Å². The molecule has 0 radical (unpaired) electrons. The van der Waals surface area contributed by atoms with Crippen LogP contribution in [0, 0.1) is 5.82 Å². The summed E-state index contributed by atoms with van der Waals surface area (Å²) in [6, 6.07) is 2.05. The number of pyridine rings is 1. The maximum Gasteiger partial charge on any atom is 0.388 e. The molecule has 1 aromatic carbocycles. The van der Waals surface area contributed by atoms with E-state index < -0.39 is 47.1 Å². The first kappa shape index (κ1) is 16.3. The molecule has 0 bridgehead atoms. The lowest BCUT2D eigenvalue weighted by Crippen LogP contribution is -2.17. The molecule has 126 valence electrons. The Bertz CT molecular complexity index is 838. The Labute approximate surface area is 131 Å². The van der Waals surface area contributed by atoms with Gasteiger partial charge in [-0.05, 0) is 18.2 Å². The molecule has 2 aromatic rings. The minimum Gasteiger partial charge on any atom is -0.508 e. The average Bonchev–Trinajstić information content (AvgIpc) is 2.65. The Morgan fingerprint density at radius 2 is 1.79 bits per heavy atom. The zero-order chi connectivity index (χ0) is 17.7. The van der Waals surface area contributed by atoms with Gasteiger partial charge in [0.25, 0.3) is 0 Å². The van der Waals surface area contributed by atoms with Gasteiger partial charge in [0.1, 0.15) is 5.75 Å². The summed E-state index contributed by atoms with van der Waals surface area (Å²) in [4.78, 5) is 15.5. The zero-order valence-corrected chi connectivity index (χ0v) is 11.7. The van der Waals surface area contributed by atoms with Crippen molar-refractivity contribution < 1.29 is 36.6 Å². The second kappa shape index (κ2) is 5.23. The lowest BCUT2D eigenvalue weighted by molar-refractivity contribution is -0.369. The van der Waals surface area contributed by atoms with Crippen molar-refractivity contribution in [3.8, 4) is 5.75 Å². The van der Waals surface area contributed by atoms with Gasteiger partial charge in [-0.3, -0.25) is 9.78 Å². The normalized spacial score (nSPS) is 17.5. The number of alkyl halides is 4. The summed E-state index contributed by atoms with van der Waals surface area (Å²) >= 11 is 0. The predicted molar refractivity (Wildman–Crippen MR) is 69.2 cm³/mol. The number of nitrogens with zero attached hydrogens (tertiary/aromatic N) is 1. The first-order chi connectivity index (χ1) is 11.1. The van der Waals surface area contributed by atoms with Crippen molar-refractivity contribution in [1.82, 2.24) is 4.98 Å². The zero-order valence-electron chi connectivity index (χ0n) is 11.7. The molecule has 1 aromatic heterocycles. The molecule has 0 saturated carbocycles. The smallest absolute Gasteiger partial charge is 0.388 e. The number of phenolic OH excluding ortho intramolecular Hbond substituents is 1. The lowest BCUT2D eigenvalue weighted by Gasteiger charge is -2.10. The quantitative estimate of drug-likeness (QED) is 0.683. The number of ketones is 1. The van der Waals surface area contributed by atoms with Crippen molar-refractivity contribution in [1.29, 1.82) is 0 Å². The number of aromatic nitrogens is 1. The summed E-state index contributed by atoms with van der Waals surface area (Å²) in [5.74, 6) is -2.56. The van der Waals surface area contributed by atoms with Crippen LogP contribution >= 0.6 is 0 Å². The molecule has 4 nitrogen and oxygen atoms in total. The molecule has 0 unspecified atom stereocenters. The van der Waals surface area contributed by atoms with E-state index >= 15 is 0 Å². The number of rotatable bonds is 3. The summed E-state index contributed by atoms with van der Waals surface area (Å²) in [5, 5.41) is 9.75. The molecule has 0 aliphatic carbocycles. The molecular formula is C15H8F5NO3. The molecule has 1 N–H and O–H groups in total. The maximum absolute atomic E-state index is 13.5. The van der Waals surface area contributed by atoms with Gasteiger partial charge in [-0.2, -0.15) is 17.6 Å². The van der Waals surface area contributed by atoms with Crippen LogP contribution in [-0.4, -0.2) is 15.9 Å². The minimum atomic E-state index is -4.27. The Balaban J connectivity index is 2.00. The topological polar surface area (TPSA) is 59.4 Å². The fourth-order valence-electron chi connectivity index (χ4n) is 2.40. The number of fused-ring (bicyclic) bond motifs is 1. The number of carbonyl (C=O) groups excluding carboxylic acids is 1. The minimum absolute atomic E-state index is 0.351. The van der Waals surface area contributed by atoms with E-state index in [9.17, 15) is 31.9 Å². The molecule has 0 saturated heterocycles. The van der Waals surface area contributed by atoms with E-state index in [4.69, 9.17) is 0 Å². The van der Waals surface area contributed by atoms with Crippen LogP contribution in [0.25, 0.3) is 0 Å². The second-order valence-electron chi connectivity index (χ2n) is 5.12. The monoisotopic (exact) mass is 345 g/mol. The van der Waals surface area contributed by atoms with Gasteiger partial charge in [0.05, 0.1) is 22.9 Å². The number of hydrogen-bond acceptors (Lipinski definition) is 4. The van der Waals surface area contributed by atoms with Crippen LogP contribution in [0.3, 0.4) is 0 Å². The highest BCUT2D eigenvalue weighted by molar-refractivity contribution is 5.98. The van der Waals surface area contributed by atoms with Crippen LogP contribution in [0.5, 0.6) is 5.75 Å². The second-order valence-corrected chi connectivity index (χ2v) is 5.12. The number of carbonyl (C=O) groups is 1. The molecule has 24 heavy (non-hydrogen) atoms. The van der Waals surface area contributed by atoms with E-state index in [1.807, 2.05) is 0 Å². The van der Waals surface area contributed by atoms with Gasteiger partial charge in [-0.25, -0.2) is 9.13 Å². The van der Waals surface area contributed by atoms with Gasteiger partial charge in [-0.1, -0.05) is 0 Å². The third-order valence-corrected chi connectivity index (χ3v) is 3.53. The molecule has 0 spiro atoms. The number of hydrogen-bond donors (Lipinski definition) is 1. The summed E-state index contributed by atoms with van der Waals surface area (Å²) in [6.45, 7) is 0. The largest absolute Gasteiger partial charge is 0.508 e. The Morgan fingerprint density at radius 1 is 1.17 bits per heavy atom. The van der Waals surface area contributed by atoms with Crippen molar-refractivity contribution in [2.75, 3.05) is 0 Å². The summed E-state index contributed by atoms with van der Waals surface area (Å²) in [7, 11) is 0. The van der Waals surface area contributed by atoms with Crippen molar-refractivity contribution in [3.63, 3.8) is 0 Å². The Morgan fingerprint density at radius 3 is 2.42 bits per heavy atom. The highest BCUT2D eigenvalue weighted by atomic mass is 19.3. The van der Waals surface area contributed by atoms with E-state index in [2.05, 4.69) is 9.72 Å². The van der Waals surface area contributed by atoms with Crippen LogP contribution in [0.15, 0.2) is 30.6 Å². The summed E-state index contributed by atoms with van der Waals surface area (Å²) in [6.07, 6.45) is -7.26. The van der Waals surface area contributed by atoms with Gasteiger partial charge in [0.2, 0.25) is 0 Å². The molecule has 0 fully saturated rings. The van der Waals surface area contributed by atoms with Crippen molar-refractivity contribution in [2.24, 2.45) is 0 Å². The first-order valence-corrected chi connectivity index (χ1v) is 6.57. The third-order valence-electron chi connectivity index (χ3n) is 3.53. The van der Waals surface area contributed by atoms with Gasteiger partial charge in [0, 0.05) is 18.2 Å². The van der Waals surface area contributed by atoms with Gasteiger partial charge < -0.3 is 5.11 Å². The first-order valence-electron chi connectivity index (χ1n) is 6.57. The standard InChI is InChI=1S/C15H8F5NO3/c16-11-6-21-2-1-8(11)13(23)4-7-3-9-10(5-12(7)22)15(19,20)24-14(9,17)18/h1-3,5-6,22H,4H2. The van der Waals surface area contributed by atoms with E-state index in [-0.39, 0.29) is 11.1 Å². The van der Waals surface area contributed by atoms with Crippen molar-refractivity contribution in [2.45, 2.75) is 18.6 Å². The van der Waals surface area contributed by atoms with Crippen LogP contribution in [0.1, 0.15) is 27.0 Å². The van der Waals surface area contributed by atoms with Crippen LogP contribution in [-0.2, 0) is 23.4 Å². The number of halogens is 5. The van der Waals surface area contributed by atoms with E-state index in [1.54, 1.807) is 0 Å². The number of phenols is 1. The Hall–Kier alpha value is -2.55. The SMILES string of the molecule is O=C(Cc1cc2c(cc1O)C(F)(F)OC2(F)F)c1ccncc1F. The molecular weight excluding hydrogens is 337 g/mol. The predicted octanol–water partition coefficient (Wildman–Crippen LogP) is 3.48. The lowest BCUT2D eigenvalue weighted by atomic mass is 9.97. The summed E-state index contributed by atoms with van der Waals surface area (Å²) in [5.41, 5.74) is -3.05. The van der Waals surface area contributed by atoms with Crippen LogP contribution < -0.4 is 0 Å². The molecule has 1 aliphatic rings. The van der Waals surface area contributed by atoms with Crippen LogP contribution in [0.2, 0.25) is 0 Å². The average molecular weight is 345 g/mol. The van der Waals surface area contributed by atoms with Crippen LogP contribution in [0.4, 0.5) is 22.0 Å². The number of aromatic hydroxyl groups is 1. The van der Waals surface area contributed by atoms with Gasteiger partial charge in [0.15, 0.2) is 11.6 Å². The number of ether oxygens (including phenoxy) is 1.